The molecule has 21 heavy (non-hydrogen) atoms. The van der Waals surface area contributed by atoms with E-state index in [9.17, 15) is 5.21 Å². The van der Waals surface area contributed by atoms with Crippen LogP contribution in [0.15, 0.2) is 48.7 Å². The first-order chi connectivity index (χ1) is 9.97. The number of nitrogens with zero attached hydrogens (tertiary/aromatic N) is 1. The molecular weight excluding hydrogens is 286 g/mol. The highest BCUT2D eigenvalue weighted by atomic mass is 35.5. The fourth-order valence-electron chi connectivity index (χ4n) is 2.51. The molecule has 1 aromatic carbocycles. The first kappa shape index (κ1) is 14.0. The number of ether oxygens (including phenoxy) is 1. The number of pyridine rings is 1. The maximum atomic E-state index is 12.1. The molecule has 1 unspecified atom stereocenters. The Labute approximate surface area is 129 Å². The number of halogens is 1. The van der Waals surface area contributed by atoms with E-state index in [1.54, 1.807) is 18.2 Å². The summed E-state index contributed by atoms with van der Waals surface area (Å²) in [5.41, 5.74) is 1.19. The minimum absolute atomic E-state index is 0.320. The van der Waals surface area contributed by atoms with Crippen LogP contribution in [-0.2, 0) is 0 Å². The van der Waals surface area contributed by atoms with Gasteiger partial charge in [-0.05, 0) is 24.3 Å². The summed E-state index contributed by atoms with van der Waals surface area (Å²) in [6.45, 7) is 4.10. The molecule has 0 saturated heterocycles. The Hall–Kier alpha value is -2.00. The van der Waals surface area contributed by atoms with Crippen LogP contribution < -0.4 is 9.47 Å². The van der Waals surface area contributed by atoms with Crippen molar-refractivity contribution in [3.8, 4) is 5.75 Å². The molecule has 0 bridgehead atoms. The van der Waals surface area contributed by atoms with Crippen molar-refractivity contribution >= 4 is 17.7 Å². The summed E-state index contributed by atoms with van der Waals surface area (Å²) in [4.78, 5) is 0. The third kappa shape index (κ3) is 2.61. The Bertz CT molecular complexity index is 710. The second-order valence-corrected chi connectivity index (χ2v) is 6.22. The number of hydrogen-bond donors (Lipinski definition) is 0. The van der Waals surface area contributed by atoms with E-state index in [2.05, 4.69) is 19.9 Å². The lowest BCUT2D eigenvalue weighted by Gasteiger charge is -2.29. The van der Waals surface area contributed by atoms with E-state index >= 15 is 0 Å². The Morgan fingerprint density at radius 3 is 2.81 bits per heavy atom. The molecule has 2 aromatic rings. The highest BCUT2D eigenvalue weighted by molar-refractivity contribution is 6.30. The highest BCUT2D eigenvalue weighted by Gasteiger charge is 2.37. The number of fused-ring (bicyclic) bond motifs is 1. The quantitative estimate of drug-likeness (QED) is 0.586. The van der Waals surface area contributed by atoms with Crippen LogP contribution in [0.5, 0.6) is 5.75 Å². The monoisotopic (exact) mass is 301 g/mol. The standard InChI is InChI=1S/C17H16ClNO2/c1-17(2)9-8-12-11-13(18)6-7-15(12)21-16(17)14-5-3-4-10-19(14)20/h3-11,16H,1-2H3. The van der Waals surface area contributed by atoms with Gasteiger partial charge in [-0.25, -0.2) is 0 Å². The molecule has 0 saturated carbocycles. The molecule has 2 heterocycles. The molecule has 3 rings (SSSR count). The van der Waals surface area contributed by atoms with Crippen LogP contribution in [0.4, 0.5) is 0 Å². The first-order valence-electron chi connectivity index (χ1n) is 6.81. The van der Waals surface area contributed by atoms with Crippen molar-refractivity contribution in [3.05, 3.63) is 70.2 Å². The zero-order chi connectivity index (χ0) is 15.0. The van der Waals surface area contributed by atoms with Gasteiger partial charge in [-0.1, -0.05) is 37.6 Å². The summed E-state index contributed by atoms with van der Waals surface area (Å²) in [6, 6.07) is 10.9. The van der Waals surface area contributed by atoms with Gasteiger partial charge in [0.1, 0.15) is 5.75 Å². The van der Waals surface area contributed by atoms with E-state index in [1.807, 2.05) is 24.3 Å². The van der Waals surface area contributed by atoms with Crippen molar-refractivity contribution < 1.29 is 9.47 Å². The molecule has 108 valence electrons. The fraction of sp³-hybridized carbons (Fsp3) is 0.235. The third-order valence-corrected chi connectivity index (χ3v) is 3.94. The molecule has 0 N–H and O–H groups in total. The van der Waals surface area contributed by atoms with Gasteiger partial charge < -0.3 is 9.94 Å². The zero-order valence-corrected chi connectivity index (χ0v) is 12.7. The molecule has 1 aliphatic rings. The van der Waals surface area contributed by atoms with E-state index in [0.29, 0.717) is 10.7 Å². The summed E-state index contributed by atoms with van der Waals surface area (Å²) >= 11 is 6.04. The van der Waals surface area contributed by atoms with Crippen LogP contribution in [0, 0.1) is 10.6 Å². The maximum Gasteiger partial charge on any atom is 0.234 e. The van der Waals surface area contributed by atoms with E-state index in [4.69, 9.17) is 16.3 Å². The van der Waals surface area contributed by atoms with Gasteiger partial charge in [0.2, 0.25) is 5.69 Å². The molecular formula is C17H16ClNO2. The lowest BCUT2D eigenvalue weighted by Crippen LogP contribution is -2.38. The molecule has 1 aliphatic heterocycles. The lowest BCUT2D eigenvalue weighted by atomic mass is 9.84. The molecule has 0 radical (unpaired) electrons. The van der Waals surface area contributed by atoms with Gasteiger partial charge in [-0.3, -0.25) is 0 Å². The molecule has 1 atom stereocenters. The average Bonchev–Trinajstić information content (AvgIpc) is 2.57. The van der Waals surface area contributed by atoms with Crippen LogP contribution in [0.25, 0.3) is 6.08 Å². The molecule has 0 amide bonds. The van der Waals surface area contributed by atoms with Gasteiger partial charge in [-0.2, -0.15) is 4.73 Å². The van der Waals surface area contributed by atoms with E-state index < -0.39 is 0 Å². The van der Waals surface area contributed by atoms with Crippen molar-refractivity contribution in [2.75, 3.05) is 0 Å². The smallest absolute Gasteiger partial charge is 0.234 e. The maximum absolute atomic E-state index is 12.1. The van der Waals surface area contributed by atoms with Crippen molar-refractivity contribution in [1.29, 1.82) is 0 Å². The average molecular weight is 302 g/mol. The summed E-state index contributed by atoms with van der Waals surface area (Å²) in [5, 5.41) is 12.7. The van der Waals surface area contributed by atoms with Crippen LogP contribution in [-0.4, -0.2) is 0 Å². The molecule has 0 fully saturated rings. The summed E-state index contributed by atoms with van der Waals surface area (Å²) < 4.78 is 7.01. The molecule has 0 aliphatic carbocycles. The number of hydrogen-bond acceptors (Lipinski definition) is 2. The van der Waals surface area contributed by atoms with Gasteiger partial charge in [0.25, 0.3) is 0 Å². The van der Waals surface area contributed by atoms with Gasteiger partial charge in [0.05, 0.1) is 0 Å². The Kier molecular flexibility index (Phi) is 3.38. The molecule has 1 aromatic heterocycles. The summed E-state index contributed by atoms with van der Waals surface area (Å²) in [7, 11) is 0. The Balaban J connectivity index is 2.11. The van der Waals surface area contributed by atoms with Crippen molar-refractivity contribution in [2.24, 2.45) is 5.41 Å². The van der Waals surface area contributed by atoms with Crippen LogP contribution in [0.3, 0.4) is 0 Å². The second-order valence-electron chi connectivity index (χ2n) is 5.79. The molecule has 0 spiro atoms. The first-order valence-corrected chi connectivity index (χ1v) is 7.19. The van der Waals surface area contributed by atoms with Crippen molar-refractivity contribution in [2.45, 2.75) is 20.0 Å². The predicted octanol–water partition coefficient (Wildman–Crippen LogP) is 4.15. The number of rotatable bonds is 1. The van der Waals surface area contributed by atoms with E-state index in [1.165, 1.54) is 6.20 Å². The van der Waals surface area contributed by atoms with Gasteiger partial charge >= 0.3 is 0 Å². The SMILES string of the molecule is CC1(C)C=Cc2cc(Cl)ccc2OC1c1cccc[n+]1[O-]. The van der Waals surface area contributed by atoms with Crippen LogP contribution in [0.1, 0.15) is 31.2 Å². The second kappa shape index (κ2) is 5.08. The van der Waals surface area contributed by atoms with Crippen molar-refractivity contribution in [1.82, 2.24) is 0 Å². The third-order valence-electron chi connectivity index (χ3n) is 3.71. The Morgan fingerprint density at radius 1 is 1.24 bits per heavy atom. The van der Waals surface area contributed by atoms with Gasteiger partial charge in [-0.15, -0.1) is 0 Å². The van der Waals surface area contributed by atoms with Crippen LogP contribution in [0.2, 0.25) is 5.02 Å². The largest absolute Gasteiger partial charge is 0.618 e. The van der Waals surface area contributed by atoms with E-state index in [0.717, 1.165) is 16.0 Å². The minimum Gasteiger partial charge on any atom is -0.618 e. The minimum atomic E-state index is -0.366. The van der Waals surface area contributed by atoms with Crippen LogP contribution >= 0.6 is 11.6 Å². The zero-order valence-electron chi connectivity index (χ0n) is 11.9. The topological polar surface area (TPSA) is 36.2 Å². The normalized spacial score (nSPS) is 19.5. The fourth-order valence-corrected chi connectivity index (χ4v) is 2.69. The van der Waals surface area contributed by atoms with Gasteiger partial charge in [0.15, 0.2) is 12.3 Å². The highest BCUT2D eigenvalue weighted by Crippen LogP contribution is 2.42. The summed E-state index contributed by atoms with van der Waals surface area (Å²) in [6.07, 6.45) is 5.19. The number of aromatic nitrogens is 1. The Morgan fingerprint density at radius 2 is 2.05 bits per heavy atom. The number of benzene rings is 1. The molecule has 3 nitrogen and oxygen atoms in total. The predicted molar refractivity (Wildman–Crippen MR) is 83.0 cm³/mol. The lowest BCUT2D eigenvalue weighted by molar-refractivity contribution is -0.619. The summed E-state index contributed by atoms with van der Waals surface area (Å²) in [5.74, 6) is 0.732. The van der Waals surface area contributed by atoms with E-state index in [-0.39, 0.29) is 11.5 Å². The molecule has 4 heteroatoms. The van der Waals surface area contributed by atoms with Gasteiger partial charge in [0, 0.05) is 28.1 Å². The van der Waals surface area contributed by atoms with Crippen molar-refractivity contribution in [3.63, 3.8) is 0 Å².